The Morgan fingerprint density at radius 1 is 1.00 bits per heavy atom. The van der Waals surface area contributed by atoms with Crippen molar-refractivity contribution >= 4 is 11.5 Å². The van der Waals surface area contributed by atoms with Gasteiger partial charge in [-0.3, -0.25) is 4.90 Å². The Bertz CT molecular complexity index is 646. The third-order valence-electron chi connectivity index (χ3n) is 4.29. The predicted molar refractivity (Wildman–Crippen MR) is 88.4 cm³/mol. The highest BCUT2D eigenvalue weighted by Crippen LogP contribution is 2.22. The van der Waals surface area contributed by atoms with Crippen molar-refractivity contribution in [1.82, 2.24) is 24.7 Å². The van der Waals surface area contributed by atoms with Crippen LogP contribution in [0.15, 0.2) is 12.1 Å². The van der Waals surface area contributed by atoms with Gasteiger partial charge in [-0.2, -0.15) is 4.52 Å². The smallest absolute Gasteiger partial charge is 0.178 e. The van der Waals surface area contributed by atoms with Crippen LogP contribution in [0.25, 0.3) is 5.65 Å². The summed E-state index contributed by atoms with van der Waals surface area (Å²) >= 11 is 0. The molecule has 0 bridgehead atoms. The minimum Gasteiger partial charge on any atom is -0.353 e. The second-order valence-electron chi connectivity index (χ2n) is 7.35. The average Bonchev–Trinajstić information content (AvgIpc) is 2.90. The summed E-state index contributed by atoms with van der Waals surface area (Å²) < 4.78 is 1.89. The van der Waals surface area contributed by atoms with E-state index in [0.29, 0.717) is 6.04 Å². The van der Waals surface area contributed by atoms with Gasteiger partial charge in [0.05, 0.1) is 0 Å². The second-order valence-corrected chi connectivity index (χ2v) is 7.35. The van der Waals surface area contributed by atoms with Crippen LogP contribution < -0.4 is 4.90 Å². The summed E-state index contributed by atoms with van der Waals surface area (Å²) in [6, 6.07) is 4.68. The minimum atomic E-state index is -0.0681. The van der Waals surface area contributed by atoms with E-state index in [1.165, 1.54) is 0 Å². The van der Waals surface area contributed by atoms with Crippen LogP contribution >= 0.6 is 0 Å². The molecule has 0 unspecified atom stereocenters. The zero-order valence-corrected chi connectivity index (χ0v) is 14.2. The van der Waals surface area contributed by atoms with Gasteiger partial charge in [0, 0.05) is 37.6 Å². The Labute approximate surface area is 132 Å². The molecule has 0 amide bonds. The number of anilines is 1. The highest BCUT2D eigenvalue weighted by molar-refractivity contribution is 5.46. The first-order valence-electron chi connectivity index (χ1n) is 8.08. The van der Waals surface area contributed by atoms with E-state index in [-0.39, 0.29) is 5.41 Å². The maximum Gasteiger partial charge on any atom is 0.178 e. The van der Waals surface area contributed by atoms with Gasteiger partial charge in [0.25, 0.3) is 0 Å². The Hall–Kier alpha value is -1.69. The lowest BCUT2D eigenvalue weighted by molar-refractivity contribution is 0.209. The van der Waals surface area contributed by atoms with E-state index in [1.54, 1.807) is 0 Å². The topological polar surface area (TPSA) is 49.6 Å². The fourth-order valence-electron chi connectivity index (χ4n) is 2.88. The molecule has 0 saturated carbocycles. The standard InChI is InChI=1S/C16H26N6/c1-12(2)20-8-10-21(11-9-20)14-7-6-13-17-18-15(16(3,4)5)22(13)19-14/h6-7,12H,8-11H2,1-5H3. The van der Waals surface area contributed by atoms with Crippen molar-refractivity contribution in [3.8, 4) is 0 Å². The van der Waals surface area contributed by atoms with Crippen LogP contribution in [-0.4, -0.2) is 56.9 Å². The van der Waals surface area contributed by atoms with Crippen molar-refractivity contribution in [2.45, 2.75) is 46.1 Å². The number of hydrogen-bond donors (Lipinski definition) is 0. The Morgan fingerprint density at radius 3 is 2.27 bits per heavy atom. The summed E-state index contributed by atoms with van der Waals surface area (Å²) in [5, 5.41) is 13.3. The van der Waals surface area contributed by atoms with Gasteiger partial charge in [-0.1, -0.05) is 20.8 Å². The summed E-state index contributed by atoms with van der Waals surface area (Å²) in [6.45, 7) is 15.1. The van der Waals surface area contributed by atoms with E-state index in [0.717, 1.165) is 43.5 Å². The largest absolute Gasteiger partial charge is 0.353 e. The lowest BCUT2D eigenvalue weighted by Crippen LogP contribution is -2.49. The van der Waals surface area contributed by atoms with Crippen molar-refractivity contribution in [3.63, 3.8) is 0 Å². The number of aromatic nitrogens is 4. The number of fused-ring (bicyclic) bond motifs is 1. The Kier molecular flexibility index (Phi) is 3.80. The minimum absolute atomic E-state index is 0.0681. The van der Waals surface area contributed by atoms with Gasteiger partial charge < -0.3 is 4.90 Å². The van der Waals surface area contributed by atoms with Crippen LogP contribution in [0.2, 0.25) is 0 Å². The number of nitrogens with zero attached hydrogens (tertiary/aromatic N) is 6. The molecule has 6 heteroatoms. The van der Waals surface area contributed by atoms with Crippen LogP contribution in [0.1, 0.15) is 40.4 Å². The second kappa shape index (κ2) is 5.50. The highest BCUT2D eigenvalue weighted by Gasteiger charge is 2.24. The molecule has 0 spiro atoms. The number of hydrogen-bond acceptors (Lipinski definition) is 5. The van der Waals surface area contributed by atoms with Gasteiger partial charge in [0.1, 0.15) is 5.82 Å². The summed E-state index contributed by atoms with van der Waals surface area (Å²) in [4.78, 5) is 4.86. The van der Waals surface area contributed by atoms with Crippen LogP contribution in [-0.2, 0) is 5.41 Å². The molecule has 3 rings (SSSR count). The van der Waals surface area contributed by atoms with E-state index in [9.17, 15) is 0 Å². The molecule has 3 heterocycles. The van der Waals surface area contributed by atoms with Crippen molar-refractivity contribution in [1.29, 1.82) is 0 Å². The zero-order chi connectivity index (χ0) is 15.9. The van der Waals surface area contributed by atoms with Gasteiger partial charge in [-0.15, -0.1) is 15.3 Å². The maximum atomic E-state index is 4.79. The quantitative estimate of drug-likeness (QED) is 0.848. The number of piperazine rings is 1. The summed E-state index contributed by atoms with van der Waals surface area (Å²) in [5.41, 5.74) is 0.746. The number of rotatable bonds is 2. The fraction of sp³-hybridized carbons (Fsp3) is 0.688. The monoisotopic (exact) mass is 302 g/mol. The highest BCUT2D eigenvalue weighted by atomic mass is 15.4. The van der Waals surface area contributed by atoms with Crippen molar-refractivity contribution in [2.24, 2.45) is 0 Å². The first kappa shape index (κ1) is 15.2. The third kappa shape index (κ3) is 2.79. The third-order valence-corrected chi connectivity index (χ3v) is 4.29. The molecule has 6 nitrogen and oxygen atoms in total. The first-order chi connectivity index (χ1) is 10.4. The van der Waals surface area contributed by atoms with E-state index in [4.69, 9.17) is 5.10 Å². The summed E-state index contributed by atoms with van der Waals surface area (Å²) in [7, 11) is 0. The predicted octanol–water partition coefficient (Wildman–Crippen LogP) is 1.95. The molecule has 0 aromatic carbocycles. The van der Waals surface area contributed by atoms with Crippen LogP contribution in [0.4, 0.5) is 5.82 Å². The molecule has 2 aromatic heterocycles. The molecular formula is C16H26N6. The lowest BCUT2D eigenvalue weighted by atomic mass is 9.96. The molecule has 0 radical (unpaired) electrons. The van der Waals surface area contributed by atoms with Gasteiger partial charge in [0.15, 0.2) is 11.5 Å². The molecule has 0 atom stereocenters. The molecule has 22 heavy (non-hydrogen) atoms. The normalized spacial score (nSPS) is 17.6. The molecule has 1 saturated heterocycles. The molecule has 120 valence electrons. The first-order valence-corrected chi connectivity index (χ1v) is 8.08. The molecule has 0 N–H and O–H groups in total. The van der Waals surface area contributed by atoms with Crippen molar-refractivity contribution in [3.05, 3.63) is 18.0 Å². The van der Waals surface area contributed by atoms with E-state index in [2.05, 4.69) is 60.7 Å². The molecule has 1 fully saturated rings. The van der Waals surface area contributed by atoms with E-state index >= 15 is 0 Å². The van der Waals surface area contributed by atoms with Crippen molar-refractivity contribution in [2.75, 3.05) is 31.1 Å². The van der Waals surface area contributed by atoms with Gasteiger partial charge >= 0.3 is 0 Å². The summed E-state index contributed by atoms with van der Waals surface area (Å²) in [6.07, 6.45) is 0. The fourth-order valence-corrected chi connectivity index (χ4v) is 2.88. The van der Waals surface area contributed by atoms with Gasteiger partial charge in [0.2, 0.25) is 0 Å². The lowest BCUT2D eigenvalue weighted by Gasteiger charge is -2.37. The Morgan fingerprint density at radius 2 is 1.68 bits per heavy atom. The maximum absolute atomic E-state index is 4.79. The summed E-state index contributed by atoms with van der Waals surface area (Å²) in [5.74, 6) is 1.92. The zero-order valence-electron chi connectivity index (χ0n) is 14.2. The molecule has 0 aliphatic carbocycles. The van der Waals surface area contributed by atoms with E-state index in [1.807, 2.05) is 10.6 Å². The Balaban J connectivity index is 1.86. The van der Waals surface area contributed by atoms with Crippen molar-refractivity contribution < 1.29 is 0 Å². The average molecular weight is 302 g/mol. The molecule has 2 aromatic rings. The molecule has 1 aliphatic rings. The van der Waals surface area contributed by atoms with Crippen LogP contribution in [0.3, 0.4) is 0 Å². The van der Waals surface area contributed by atoms with Gasteiger partial charge in [-0.25, -0.2) is 0 Å². The molecule has 1 aliphatic heterocycles. The SMILES string of the molecule is CC(C)N1CCN(c2ccc3nnc(C(C)(C)C)n3n2)CC1. The molecular weight excluding hydrogens is 276 g/mol. The van der Waals surface area contributed by atoms with Gasteiger partial charge in [-0.05, 0) is 26.0 Å². The van der Waals surface area contributed by atoms with Crippen LogP contribution in [0, 0.1) is 0 Å². The van der Waals surface area contributed by atoms with Crippen LogP contribution in [0.5, 0.6) is 0 Å². The van der Waals surface area contributed by atoms with E-state index < -0.39 is 0 Å².